The van der Waals surface area contributed by atoms with E-state index in [0.29, 0.717) is 16.8 Å². The van der Waals surface area contributed by atoms with Crippen molar-refractivity contribution in [3.8, 4) is 11.5 Å². The number of alkyl halides is 3. The number of halogens is 4. The average Bonchev–Trinajstić information content (AvgIpc) is 3.35. The minimum Gasteiger partial charge on any atom is -0.383 e. The zero-order chi connectivity index (χ0) is 24.3. The van der Waals surface area contributed by atoms with Crippen LogP contribution < -0.4 is 11.1 Å². The van der Waals surface area contributed by atoms with E-state index in [1.54, 1.807) is 23.7 Å². The van der Waals surface area contributed by atoms with Crippen LogP contribution in [0.15, 0.2) is 47.3 Å². The maximum atomic E-state index is 13.0. The van der Waals surface area contributed by atoms with Crippen LogP contribution in [0.3, 0.4) is 0 Å². The predicted octanol–water partition coefficient (Wildman–Crippen LogP) is 4.28. The molecule has 3 N–H and O–H groups in total. The fourth-order valence-corrected chi connectivity index (χ4v) is 4.38. The van der Waals surface area contributed by atoms with E-state index in [0.717, 1.165) is 4.47 Å². The molecule has 4 heterocycles. The van der Waals surface area contributed by atoms with Crippen LogP contribution in [0, 0.1) is 0 Å². The maximum Gasteiger partial charge on any atom is 0.389 e. The van der Waals surface area contributed by atoms with Gasteiger partial charge < -0.3 is 15.5 Å². The summed E-state index contributed by atoms with van der Waals surface area (Å²) in [4.78, 5) is 30.3. The number of fused-ring (bicyclic) bond motifs is 2. The molecule has 0 bridgehead atoms. The second kappa shape index (κ2) is 7.76. The number of amides is 1. The Balaban J connectivity index is 1.60. The van der Waals surface area contributed by atoms with Gasteiger partial charge in [-0.15, -0.1) is 0 Å². The van der Waals surface area contributed by atoms with E-state index in [1.807, 2.05) is 24.3 Å². The van der Waals surface area contributed by atoms with Gasteiger partial charge in [0, 0.05) is 35.9 Å². The number of imidazole rings is 1. The number of aromatic nitrogens is 5. The molecular formula is C22H17BrF3N7O. The number of rotatable bonds is 4. The van der Waals surface area contributed by atoms with Crippen LogP contribution in [-0.2, 0) is 16.6 Å². The summed E-state index contributed by atoms with van der Waals surface area (Å²) in [6, 6.07) is 7.27. The molecule has 1 amide bonds. The van der Waals surface area contributed by atoms with Crippen molar-refractivity contribution in [2.45, 2.75) is 31.4 Å². The Bertz CT molecular complexity index is 1440. The predicted molar refractivity (Wildman–Crippen MR) is 122 cm³/mol. The van der Waals surface area contributed by atoms with Crippen LogP contribution in [0.5, 0.6) is 0 Å². The van der Waals surface area contributed by atoms with E-state index in [4.69, 9.17) is 5.73 Å². The van der Waals surface area contributed by atoms with Gasteiger partial charge in [0.15, 0.2) is 11.5 Å². The van der Waals surface area contributed by atoms with Gasteiger partial charge in [-0.05, 0) is 24.6 Å². The zero-order valence-electron chi connectivity index (χ0n) is 17.7. The first kappa shape index (κ1) is 22.3. The lowest BCUT2D eigenvalue weighted by atomic mass is 9.78. The molecule has 0 fully saturated rings. The average molecular weight is 532 g/mol. The summed E-state index contributed by atoms with van der Waals surface area (Å²) in [6.45, 7) is 1.74. The van der Waals surface area contributed by atoms with E-state index in [1.165, 1.54) is 6.20 Å². The largest absolute Gasteiger partial charge is 0.389 e. The Morgan fingerprint density at radius 1 is 1.18 bits per heavy atom. The monoisotopic (exact) mass is 531 g/mol. The number of nitrogens with one attached hydrogen (secondary N) is 1. The minimum absolute atomic E-state index is 0.0770. The standard InChI is InChI=1S/C22H17BrF3N7O/c1-21(11-2-4-12(23)5-3-11)15-16(27)30-17(31-18(15)32-20(21)34)14-10-33-9-8-28-19(33)13(29-14)6-7-22(24,25)26/h2-5,8-10H,6-7H2,1H3,(H3,27,30,31,32,34). The highest BCUT2D eigenvalue weighted by molar-refractivity contribution is 9.10. The number of hydrogen-bond donors (Lipinski definition) is 2. The first-order chi connectivity index (χ1) is 16.1. The Labute approximate surface area is 199 Å². The summed E-state index contributed by atoms with van der Waals surface area (Å²) in [7, 11) is 0. The zero-order valence-corrected chi connectivity index (χ0v) is 19.3. The van der Waals surface area contributed by atoms with Crippen LogP contribution in [0.25, 0.3) is 17.2 Å². The van der Waals surface area contributed by atoms with Crippen LogP contribution in [0.4, 0.5) is 24.8 Å². The van der Waals surface area contributed by atoms with Crippen molar-refractivity contribution in [1.29, 1.82) is 0 Å². The number of nitrogens with two attached hydrogens (primary N) is 1. The highest BCUT2D eigenvalue weighted by atomic mass is 79.9. The molecule has 0 saturated heterocycles. The van der Waals surface area contributed by atoms with Gasteiger partial charge in [-0.3, -0.25) is 4.79 Å². The fraction of sp³-hybridized carbons (Fsp3) is 0.227. The highest BCUT2D eigenvalue weighted by Crippen LogP contribution is 2.45. The molecule has 12 heteroatoms. The van der Waals surface area contributed by atoms with Gasteiger partial charge in [0.1, 0.15) is 22.7 Å². The second-order valence-corrected chi connectivity index (χ2v) is 9.00. The third-order valence-corrected chi connectivity index (χ3v) is 6.39. The normalized spacial score (nSPS) is 17.7. The van der Waals surface area contributed by atoms with E-state index in [-0.39, 0.29) is 41.2 Å². The molecule has 1 unspecified atom stereocenters. The first-order valence-electron chi connectivity index (χ1n) is 10.2. The van der Waals surface area contributed by atoms with Gasteiger partial charge in [0.25, 0.3) is 0 Å². The Morgan fingerprint density at radius 2 is 1.91 bits per heavy atom. The van der Waals surface area contributed by atoms with E-state index < -0.39 is 18.0 Å². The minimum atomic E-state index is -4.34. The van der Waals surface area contributed by atoms with Crippen molar-refractivity contribution in [3.05, 3.63) is 64.1 Å². The number of nitrogens with zero attached hydrogens (tertiary/aromatic N) is 5. The van der Waals surface area contributed by atoms with Crippen molar-refractivity contribution in [2.24, 2.45) is 0 Å². The lowest BCUT2D eigenvalue weighted by Crippen LogP contribution is -2.32. The molecule has 3 aromatic heterocycles. The molecule has 1 aromatic carbocycles. The highest BCUT2D eigenvalue weighted by Gasteiger charge is 2.47. The number of carbonyl (C=O) groups is 1. The summed E-state index contributed by atoms with van der Waals surface area (Å²) >= 11 is 3.38. The van der Waals surface area contributed by atoms with Crippen molar-refractivity contribution in [1.82, 2.24) is 24.3 Å². The molecular weight excluding hydrogens is 515 g/mol. The summed E-state index contributed by atoms with van der Waals surface area (Å²) in [5.41, 5.74) is 7.03. The third-order valence-electron chi connectivity index (χ3n) is 5.86. The number of anilines is 2. The molecule has 0 spiro atoms. The molecule has 4 aromatic rings. The van der Waals surface area contributed by atoms with Crippen molar-refractivity contribution in [2.75, 3.05) is 11.1 Å². The van der Waals surface area contributed by atoms with Gasteiger partial charge in [-0.1, -0.05) is 28.1 Å². The summed E-state index contributed by atoms with van der Waals surface area (Å²) in [5.74, 6) is 0.0859. The van der Waals surface area contributed by atoms with Gasteiger partial charge in [-0.25, -0.2) is 19.9 Å². The molecule has 1 aliphatic rings. The van der Waals surface area contributed by atoms with Gasteiger partial charge in [0.2, 0.25) is 5.91 Å². The van der Waals surface area contributed by atoms with Gasteiger partial charge >= 0.3 is 6.18 Å². The molecule has 0 aliphatic carbocycles. The molecule has 34 heavy (non-hydrogen) atoms. The summed E-state index contributed by atoms with van der Waals surface area (Å²) < 4.78 is 40.9. The van der Waals surface area contributed by atoms with Crippen LogP contribution in [0.2, 0.25) is 0 Å². The topological polar surface area (TPSA) is 111 Å². The van der Waals surface area contributed by atoms with Crippen molar-refractivity contribution in [3.63, 3.8) is 0 Å². The van der Waals surface area contributed by atoms with Crippen LogP contribution in [0.1, 0.15) is 30.2 Å². The smallest absolute Gasteiger partial charge is 0.383 e. The Morgan fingerprint density at radius 3 is 2.62 bits per heavy atom. The first-order valence-corrected chi connectivity index (χ1v) is 11.0. The molecule has 5 rings (SSSR count). The van der Waals surface area contributed by atoms with Crippen molar-refractivity contribution >= 4 is 39.1 Å². The Hall–Kier alpha value is -3.54. The van der Waals surface area contributed by atoms with Crippen LogP contribution >= 0.6 is 15.9 Å². The maximum absolute atomic E-state index is 13.0. The second-order valence-electron chi connectivity index (χ2n) is 8.09. The quantitative estimate of drug-likeness (QED) is 0.406. The molecule has 1 atom stereocenters. The molecule has 174 valence electrons. The lowest BCUT2D eigenvalue weighted by molar-refractivity contribution is -0.134. The number of benzene rings is 1. The molecule has 0 radical (unpaired) electrons. The summed E-state index contributed by atoms with van der Waals surface area (Å²) in [5, 5.41) is 2.77. The fourth-order valence-electron chi connectivity index (χ4n) is 4.11. The van der Waals surface area contributed by atoms with Crippen molar-refractivity contribution < 1.29 is 18.0 Å². The molecule has 8 nitrogen and oxygen atoms in total. The van der Waals surface area contributed by atoms with E-state index in [9.17, 15) is 18.0 Å². The third kappa shape index (κ3) is 3.67. The number of aryl methyl sites for hydroxylation is 1. The molecule has 1 aliphatic heterocycles. The van der Waals surface area contributed by atoms with Gasteiger partial charge in [-0.2, -0.15) is 13.2 Å². The molecule has 0 saturated carbocycles. The van der Waals surface area contributed by atoms with E-state index >= 15 is 0 Å². The number of hydrogen-bond acceptors (Lipinski definition) is 6. The van der Waals surface area contributed by atoms with Crippen LogP contribution in [-0.4, -0.2) is 36.4 Å². The number of carbonyl (C=O) groups excluding carboxylic acids is 1. The number of nitrogen functional groups attached to an aromatic ring is 1. The summed E-state index contributed by atoms with van der Waals surface area (Å²) in [6.07, 6.45) is -1.10. The van der Waals surface area contributed by atoms with Gasteiger partial charge in [0.05, 0.1) is 11.3 Å². The SMILES string of the molecule is CC1(c2ccc(Br)cc2)C(=O)Nc2nc(-c3cn4ccnc4c(CCC(F)(F)F)n3)nc(N)c21. The lowest BCUT2D eigenvalue weighted by Gasteiger charge is -2.23. The Kier molecular flexibility index (Phi) is 5.08. The van der Waals surface area contributed by atoms with E-state index in [2.05, 4.69) is 41.2 Å².